The third-order valence-electron chi connectivity index (χ3n) is 5.45. The lowest BCUT2D eigenvalue weighted by Gasteiger charge is -2.27. The molecule has 2 atom stereocenters. The molecule has 1 saturated heterocycles. The second-order valence-corrected chi connectivity index (χ2v) is 7.39. The number of benzene rings is 3. The van der Waals surface area contributed by atoms with Crippen LogP contribution in [0.3, 0.4) is 0 Å². The summed E-state index contributed by atoms with van der Waals surface area (Å²) in [5.74, 6) is 0.518. The molecule has 0 spiro atoms. The topological polar surface area (TPSA) is 87.7 Å². The van der Waals surface area contributed by atoms with E-state index in [1.54, 1.807) is 5.48 Å². The van der Waals surface area contributed by atoms with Crippen LogP contribution in [0.2, 0.25) is 0 Å². The van der Waals surface area contributed by atoms with Crippen LogP contribution in [-0.2, 0) is 21.4 Å². The molecule has 2 amide bonds. The Bertz CT molecular complexity index is 1020. The zero-order valence-electron chi connectivity index (χ0n) is 16.2. The summed E-state index contributed by atoms with van der Waals surface area (Å²) in [4.78, 5) is 25.1. The molecule has 0 aliphatic carbocycles. The van der Waals surface area contributed by atoms with E-state index in [-0.39, 0.29) is 12.3 Å². The number of carbonyl (C=O) groups is 2. The van der Waals surface area contributed by atoms with Gasteiger partial charge in [-0.3, -0.25) is 14.8 Å². The molecule has 1 fully saturated rings. The first-order valence-corrected chi connectivity index (χ1v) is 9.73. The summed E-state index contributed by atoms with van der Waals surface area (Å²) in [7, 11) is 0. The van der Waals surface area contributed by atoms with Gasteiger partial charge in [0.15, 0.2) is 0 Å². The second-order valence-electron chi connectivity index (χ2n) is 7.39. The predicted octanol–water partition coefficient (Wildman–Crippen LogP) is 3.35. The number of rotatable bonds is 6. The van der Waals surface area contributed by atoms with Gasteiger partial charge in [0.25, 0.3) is 5.91 Å². The Balaban J connectivity index is 1.66. The van der Waals surface area contributed by atoms with E-state index in [2.05, 4.69) is 5.32 Å². The van der Waals surface area contributed by atoms with E-state index < -0.39 is 17.4 Å². The standard InChI is InChI=1S/C24H22N2O4/c27-22(26-29)21-16-24(23(28)25-21,15-17-7-3-1-4-8-17)18-11-13-20(14-12-18)30-19-9-5-2-6-10-19/h1-14,21,29H,15-16H2,(H,25,28)(H,26,27)/t21-,24-/m1/s1. The lowest BCUT2D eigenvalue weighted by atomic mass is 9.73. The fraction of sp³-hybridized carbons (Fsp3) is 0.167. The molecular formula is C24H22N2O4. The summed E-state index contributed by atoms with van der Waals surface area (Å²) in [5.41, 5.74) is 2.49. The molecule has 0 bridgehead atoms. The molecule has 3 aromatic carbocycles. The fourth-order valence-corrected chi connectivity index (χ4v) is 3.94. The largest absolute Gasteiger partial charge is 0.457 e. The molecule has 0 radical (unpaired) electrons. The van der Waals surface area contributed by atoms with Crippen LogP contribution in [0.4, 0.5) is 0 Å². The van der Waals surface area contributed by atoms with Crippen LogP contribution in [0.5, 0.6) is 11.5 Å². The van der Waals surface area contributed by atoms with Gasteiger partial charge in [-0.1, -0.05) is 60.7 Å². The van der Waals surface area contributed by atoms with Crippen molar-refractivity contribution in [2.75, 3.05) is 0 Å². The van der Waals surface area contributed by atoms with Gasteiger partial charge in [0.2, 0.25) is 5.91 Å². The Labute approximate surface area is 174 Å². The molecule has 1 aliphatic rings. The molecule has 3 N–H and O–H groups in total. The maximum absolute atomic E-state index is 13.1. The van der Waals surface area contributed by atoms with E-state index in [0.29, 0.717) is 12.2 Å². The van der Waals surface area contributed by atoms with Crippen molar-refractivity contribution in [3.05, 3.63) is 96.1 Å². The normalized spacial score (nSPS) is 20.4. The Morgan fingerprint density at radius 3 is 2.20 bits per heavy atom. The first-order chi connectivity index (χ1) is 14.6. The summed E-state index contributed by atoms with van der Waals surface area (Å²) in [6, 6.07) is 25.7. The fourth-order valence-electron chi connectivity index (χ4n) is 3.94. The summed E-state index contributed by atoms with van der Waals surface area (Å²) in [6.45, 7) is 0. The average molecular weight is 402 g/mol. The number of hydroxylamine groups is 1. The maximum Gasteiger partial charge on any atom is 0.265 e. The van der Waals surface area contributed by atoms with Crippen LogP contribution in [0.25, 0.3) is 0 Å². The van der Waals surface area contributed by atoms with Gasteiger partial charge in [-0.2, -0.15) is 0 Å². The Kier molecular flexibility index (Phi) is 5.50. The lowest BCUT2D eigenvalue weighted by molar-refractivity contribution is -0.132. The summed E-state index contributed by atoms with van der Waals surface area (Å²) >= 11 is 0. The number of nitrogens with one attached hydrogen (secondary N) is 2. The Morgan fingerprint density at radius 2 is 1.57 bits per heavy atom. The Hall–Kier alpha value is -3.64. The summed E-state index contributed by atoms with van der Waals surface area (Å²) in [5, 5.41) is 11.7. The highest BCUT2D eigenvalue weighted by Crippen LogP contribution is 2.39. The summed E-state index contributed by atoms with van der Waals surface area (Å²) < 4.78 is 5.85. The predicted molar refractivity (Wildman–Crippen MR) is 111 cm³/mol. The first-order valence-electron chi connectivity index (χ1n) is 9.73. The molecule has 4 rings (SSSR count). The van der Waals surface area contributed by atoms with Crippen molar-refractivity contribution in [1.82, 2.24) is 10.8 Å². The van der Waals surface area contributed by atoms with Crippen molar-refractivity contribution >= 4 is 11.8 Å². The highest BCUT2D eigenvalue weighted by atomic mass is 16.5. The third kappa shape index (κ3) is 3.90. The van der Waals surface area contributed by atoms with E-state index >= 15 is 0 Å². The minimum atomic E-state index is -0.927. The van der Waals surface area contributed by atoms with Crippen LogP contribution >= 0.6 is 0 Å². The minimum absolute atomic E-state index is 0.239. The monoisotopic (exact) mass is 402 g/mol. The van der Waals surface area contributed by atoms with E-state index in [9.17, 15) is 9.59 Å². The number of hydrogen-bond donors (Lipinski definition) is 3. The minimum Gasteiger partial charge on any atom is -0.457 e. The zero-order chi connectivity index (χ0) is 21.0. The number of amides is 2. The van der Waals surface area contributed by atoms with E-state index in [1.807, 2.05) is 84.9 Å². The van der Waals surface area contributed by atoms with E-state index in [1.165, 1.54) is 0 Å². The van der Waals surface area contributed by atoms with Crippen LogP contribution < -0.4 is 15.5 Å². The van der Waals surface area contributed by atoms with Gasteiger partial charge in [-0.25, -0.2) is 5.48 Å². The van der Waals surface area contributed by atoms with Crippen LogP contribution in [0.1, 0.15) is 17.5 Å². The molecule has 0 saturated carbocycles. The highest BCUT2D eigenvalue weighted by molar-refractivity contribution is 5.97. The second kappa shape index (κ2) is 8.39. The van der Waals surface area contributed by atoms with Crippen molar-refractivity contribution < 1.29 is 19.5 Å². The van der Waals surface area contributed by atoms with Crippen LogP contribution in [0, 0.1) is 0 Å². The number of para-hydroxylation sites is 1. The zero-order valence-corrected chi connectivity index (χ0v) is 16.2. The summed E-state index contributed by atoms with van der Waals surface area (Å²) in [6.07, 6.45) is 0.680. The van der Waals surface area contributed by atoms with Gasteiger partial charge in [0.05, 0.1) is 5.41 Å². The molecule has 1 aliphatic heterocycles. The van der Waals surface area contributed by atoms with E-state index in [0.717, 1.165) is 16.9 Å². The maximum atomic E-state index is 13.1. The molecule has 0 unspecified atom stereocenters. The van der Waals surface area contributed by atoms with E-state index in [4.69, 9.17) is 9.94 Å². The number of hydrogen-bond acceptors (Lipinski definition) is 4. The van der Waals surface area contributed by atoms with Gasteiger partial charge in [-0.15, -0.1) is 0 Å². The lowest BCUT2D eigenvalue weighted by Crippen LogP contribution is -2.40. The van der Waals surface area contributed by atoms with Gasteiger partial charge in [0, 0.05) is 0 Å². The molecule has 1 heterocycles. The van der Waals surface area contributed by atoms with Crippen LogP contribution in [-0.4, -0.2) is 23.1 Å². The highest BCUT2D eigenvalue weighted by Gasteiger charge is 2.50. The van der Waals surface area contributed by atoms with Crippen molar-refractivity contribution in [2.45, 2.75) is 24.3 Å². The molecule has 6 nitrogen and oxygen atoms in total. The van der Waals surface area contributed by atoms with Crippen molar-refractivity contribution in [3.8, 4) is 11.5 Å². The van der Waals surface area contributed by atoms with Crippen LogP contribution in [0.15, 0.2) is 84.9 Å². The molecule has 152 valence electrons. The van der Waals surface area contributed by atoms with Crippen molar-refractivity contribution in [3.63, 3.8) is 0 Å². The smallest absolute Gasteiger partial charge is 0.265 e. The number of carbonyl (C=O) groups excluding carboxylic acids is 2. The third-order valence-corrected chi connectivity index (χ3v) is 5.45. The quantitative estimate of drug-likeness (QED) is 0.436. The Morgan fingerprint density at radius 1 is 0.967 bits per heavy atom. The average Bonchev–Trinajstić information content (AvgIpc) is 3.12. The van der Waals surface area contributed by atoms with Gasteiger partial charge < -0.3 is 10.1 Å². The first kappa shape index (κ1) is 19.7. The van der Waals surface area contributed by atoms with Gasteiger partial charge in [0.1, 0.15) is 17.5 Å². The molecule has 6 heteroatoms. The van der Waals surface area contributed by atoms with Gasteiger partial charge >= 0.3 is 0 Å². The van der Waals surface area contributed by atoms with Crippen molar-refractivity contribution in [2.24, 2.45) is 0 Å². The number of ether oxygens (including phenoxy) is 1. The molecule has 0 aromatic heterocycles. The van der Waals surface area contributed by atoms with Gasteiger partial charge in [-0.05, 0) is 48.2 Å². The molecule has 30 heavy (non-hydrogen) atoms. The SMILES string of the molecule is O=C(NO)[C@H]1C[C@](Cc2ccccc2)(c2ccc(Oc3ccccc3)cc2)C(=O)N1. The van der Waals surface area contributed by atoms with Crippen molar-refractivity contribution in [1.29, 1.82) is 0 Å². The molecular weight excluding hydrogens is 380 g/mol. The molecule has 3 aromatic rings.